The number of nitrogens with zero attached hydrogens (tertiary/aromatic N) is 4. The zero-order chi connectivity index (χ0) is 15.3. The van der Waals surface area contributed by atoms with Crippen molar-refractivity contribution in [2.75, 3.05) is 0 Å². The molecule has 0 aliphatic carbocycles. The molecule has 3 unspecified atom stereocenters. The van der Waals surface area contributed by atoms with Crippen molar-refractivity contribution in [3.63, 3.8) is 0 Å². The highest BCUT2D eigenvalue weighted by molar-refractivity contribution is 5.14. The minimum absolute atomic E-state index is 0.593. The van der Waals surface area contributed by atoms with Gasteiger partial charge in [-0.15, -0.1) is 0 Å². The summed E-state index contributed by atoms with van der Waals surface area (Å²) in [6.45, 7) is 8.14. The fraction of sp³-hybridized carbons (Fsp3) is 0.667. The molecule has 0 saturated carbocycles. The quantitative estimate of drug-likeness (QED) is 0.864. The van der Waals surface area contributed by atoms with Gasteiger partial charge < -0.3 is 9.13 Å². The van der Waals surface area contributed by atoms with Gasteiger partial charge in [-0.25, -0.2) is 9.97 Å². The summed E-state index contributed by atoms with van der Waals surface area (Å²) < 4.78 is 4.77. The Morgan fingerprint density at radius 1 is 1.27 bits per heavy atom. The third-order valence-corrected chi connectivity index (χ3v) is 5.63. The normalized spacial score (nSPS) is 24.7. The fourth-order valence-electron chi connectivity index (χ4n) is 4.38. The lowest BCUT2D eigenvalue weighted by Gasteiger charge is -2.20. The SMILES string of the molecule is CC(C)C1CCn2cc(CC(C)C3CCc4nccn43)nc21. The average Bonchev–Trinajstić information content (AvgIpc) is 3.16. The minimum Gasteiger partial charge on any atom is -0.334 e. The van der Waals surface area contributed by atoms with E-state index < -0.39 is 0 Å². The number of fused-ring (bicyclic) bond motifs is 2. The molecule has 4 heterocycles. The van der Waals surface area contributed by atoms with E-state index in [4.69, 9.17) is 4.98 Å². The van der Waals surface area contributed by atoms with E-state index in [-0.39, 0.29) is 0 Å². The third-order valence-electron chi connectivity index (χ3n) is 5.63. The second-order valence-electron chi connectivity index (χ2n) is 7.46. The van der Waals surface area contributed by atoms with Crippen molar-refractivity contribution >= 4 is 0 Å². The van der Waals surface area contributed by atoms with Crippen LogP contribution in [-0.2, 0) is 19.4 Å². The Balaban J connectivity index is 1.50. The van der Waals surface area contributed by atoms with Crippen LogP contribution in [0.15, 0.2) is 18.6 Å². The number of hydrogen-bond donors (Lipinski definition) is 0. The van der Waals surface area contributed by atoms with Crippen molar-refractivity contribution in [1.29, 1.82) is 0 Å². The molecule has 2 aliphatic rings. The number of imidazole rings is 2. The summed E-state index contributed by atoms with van der Waals surface area (Å²) in [4.78, 5) is 9.44. The maximum Gasteiger partial charge on any atom is 0.112 e. The van der Waals surface area contributed by atoms with Crippen molar-refractivity contribution in [1.82, 2.24) is 19.1 Å². The summed E-state index contributed by atoms with van der Waals surface area (Å²) in [6, 6.07) is 0.593. The summed E-state index contributed by atoms with van der Waals surface area (Å²) >= 11 is 0. The summed E-state index contributed by atoms with van der Waals surface area (Å²) in [7, 11) is 0. The summed E-state index contributed by atoms with van der Waals surface area (Å²) in [6.07, 6.45) is 11.1. The first-order chi connectivity index (χ1) is 10.6. The number of aromatic nitrogens is 4. The van der Waals surface area contributed by atoms with Gasteiger partial charge in [0.15, 0.2) is 0 Å². The Hall–Kier alpha value is -1.58. The van der Waals surface area contributed by atoms with Gasteiger partial charge in [-0.1, -0.05) is 20.8 Å². The predicted octanol–water partition coefficient (Wildman–Crippen LogP) is 3.59. The van der Waals surface area contributed by atoms with Gasteiger partial charge in [0, 0.05) is 43.5 Å². The van der Waals surface area contributed by atoms with E-state index in [0.29, 0.717) is 23.8 Å². The van der Waals surface area contributed by atoms with Gasteiger partial charge in [0.2, 0.25) is 0 Å². The lowest BCUT2D eigenvalue weighted by atomic mass is 9.93. The predicted molar refractivity (Wildman–Crippen MR) is 86.9 cm³/mol. The Kier molecular flexibility index (Phi) is 3.35. The largest absolute Gasteiger partial charge is 0.334 e. The molecular weight excluding hydrogens is 272 g/mol. The molecule has 4 nitrogen and oxygen atoms in total. The molecule has 0 N–H and O–H groups in total. The van der Waals surface area contributed by atoms with Crippen molar-refractivity contribution in [2.45, 2.75) is 65.0 Å². The van der Waals surface area contributed by atoms with Gasteiger partial charge in [-0.05, 0) is 31.1 Å². The number of hydrogen-bond acceptors (Lipinski definition) is 2. The van der Waals surface area contributed by atoms with E-state index in [0.717, 1.165) is 19.4 Å². The van der Waals surface area contributed by atoms with Crippen LogP contribution in [-0.4, -0.2) is 19.1 Å². The molecule has 4 heteroatoms. The van der Waals surface area contributed by atoms with Crippen LogP contribution in [0.5, 0.6) is 0 Å². The second-order valence-corrected chi connectivity index (χ2v) is 7.46. The van der Waals surface area contributed by atoms with Crippen LogP contribution < -0.4 is 0 Å². The zero-order valence-electron chi connectivity index (χ0n) is 13.9. The fourth-order valence-corrected chi connectivity index (χ4v) is 4.38. The van der Waals surface area contributed by atoms with Gasteiger partial charge in [0.25, 0.3) is 0 Å². The molecule has 0 aromatic carbocycles. The van der Waals surface area contributed by atoms with Crippen molar-refractivity contribution in [3.05, 3.63) is 35.9 Å². The average molecular weight is 298 g/mol. The zero-order valence-corrected chi connectivity index (χ0v) is 13.9. The topological polar surface area (TPSA) is 35.6 Å². The van der Waals surface area contributed by atoms with E-state index >= 15 is 0 Å². The van der Waals surface area contributed by atoms with Crippen LogP contribution in [0.25, 0.3) is 0 Å². The maximum absolute atomic E-state index is 4.99. The van der Waals surface area contributed by atoms with Crippen LogP contribution in [0.2, 0.25) is 0 Å². The maximum atomic E-state index is 4.99. The highest BCUT2D eigenvalue weighted by atomic mass is 15.1. The summed E-state index contributed by atoms with van der Waals surface area (Å²) in [5.74, 6) is 4.53. The van der Waals surface area contributed by atoms with Gasteiger partial charge in [-0.2, -0.15) is 0 Å². The van der Waals surface area contributed by atoms with Gasteiger partial charge in [0.1, 0.15) is 11.6 Å². The number of aryl methyl sites for hydroxylation is 2. The van der Waals surface area contributed by atoms with Gasteiger partial charge >= 0.3 is 0 Å². The lowest BCUT2D eigenvalue weighted by molar-refractivity contribution is 0.361. The number of rotatable bonds is 4. The summed E-state index contributed by atoms with van der Waals surface area (Å²) in [5, 5.41) is 0. The highest BCUT2D eigenvalue weighted by Crippen LogP contribution is 2.36. The molecule has 0 spiro atoms. The standard InChI is InChI=1S/C18H26N4/c1-12(2)15-6-8-21-11-14(20-18(15)21)10-13(3)16-4-5-17-19-7-9-22(16)17/h7,9,11-13,15-16H,4-6,8,10H2,1-3H3. The second kappa shape index (κ2) is 5.25. The lowest BCUT2D eigenvalue weighted by Crippen LogP contribution is -2.15. The van der Waals surface area contributed by atoms with Crippen LogP contribution in [0.3, 0.4) is 0 Å². The molecule has 118 valence electrons. The molecule has 4 rings (SSSR count). The van der Waals surface area contributed by atoms with Crippen LogP contribution in [0.1, 0.15) is 62.9 Å². The Labute approximate surface area is 132 Å². The van der Waals surface area contributed by atoms with Crippen LogP contribution >= 0.6 is 0 Å². The van der Waals surface area contributed by atoms with Crippen LogP contribution in [0.4, 0.5) is 0 Å². The van der Waals surface area contributed by atoms with Crippen molar-refractivity contribution < 1.29 is 0 Å². The van der Waals surface area contributed by atoms with E-state index in [1.54, 1.807) is 0 Å². The molecule has 0 amide bonds. The first-order valence-electron chi connectivity index (χ1n) is 8.71. The van der Waals surface area contributed by atoms with Crippen molar-refractivity contribution in [3.8, 4) is 0 Å². The minimum atomic E-state index is 0.593. The Bertz CT molecular complexity index is 666. The van der Waals surface area contributed by atoms with E-state index in [1.165, 1.54) is 30.2 Å². The summed E-state index contributed by atoms with van der Waals surface area (Å²) in [5.41, 5.74) is 1.28. The van der Waals surface area contributed by atoms with Gasteiger partial charge in [0.05, 0.1) is 5.69 Å². The van der Waals surface area contributed by atoms with Crippen molar-refractivity contribution in [2.24, 2.45) is 11.8 Å². The Morgan fingerprint density at radius 2 is 2.14 bits per heavy atom. The molecule has 0 radical (unpaired) electrons. The molecule has 0 saturated heterocycles. The molecule has 2 aliphatic heterocycles. The molecule has 0 fully saturated rings. The van der Waals surface area contributed by atoms with E-state index in [9.17, 15) is 0 Å². The molecule has 0 bridgehead atoms. The van der Waals surface area contributed by atoms with Gasteiger partial charge in [-0.3, -0.25) is 0 Å². The Morgan fingerprint density at radius 3 is 2.95 bits per heavy atom. The molecule has 2 aromatic rings. The monoisotopic (exact) mass is 298 g/mol. The van der Waals surface area contributed by atoms with Crippen LogP contribution in [0, 0.1) is 11.8 Å². The molecule has 22 heavy (non-hydrogen) atoms. The third kappa shape index (κ3) is 2.20. The molecular formula is C18H26N4. The first-order valence-corrected chi connectivity index (χ1v) is 8.71. The van der Waals surface area contributed by atoms with E-state index in [2.05, 4.69) is 47.3 Å². The molecule has 3 atom stereocenters. The highest BCUT2D eigenvalue weighted by Gasteiger charge is 2.30. The van der Waals surface area contributed by atoms with E-state index in [1.807, 2.05) is 6.20 Å². The first kappa shape index (κ1) is 14.0. The molecule has 2 aromatic heterocycles. The smallest absolute Gasteiger partial charge is 0.112 e.